The van der Waals surface area contributed by atoms with E-state index in [2.05, 4.69) is 12.1 Å². The zero-order valence-corrected chi connectivity index (χ0v) is 18.7. The minimum atomic E-state index is 0.0534. The smallest absolute Gasteiger partial charge is 0.193 e. The van der Waals surface area contributed by atoms with E-state index in [1.807, 2.05) is 86.7 Å². The maximum atomic E-state index is 12.9. The molecule has 3 aromatic carbocycles. The number of rotatable bonds is 7. The fraction of sp³-hybridized carbons (Fsp3) is 0.200. The van der Waals surface area contributed by atoms with Crippen LogP contribution in [0.2, 0.25) is 0 Å². The Hall–Kier alpha value is -3.52. The summed E-state index contributed by atoms with van der Waals surface area (Å²) in [5.74, 6) is 0.144. The molecule has 0 saturated carbocycles. The zero-order chi connectivity index (χ0) is 22.5. The van der Waals surface area contributed by atoms with E-state index in [-0.39, 0.29) is 11.6 Å². The minimum Gasteiger partial charge on any atom is -0.289 e. The molecule has 4 rings (SSSR count). The van der Waals surface area contributed by atoms with E-state index in [4.69, 9.17) is 0 Å². The monoisotopic (exact) mass is 420 g/mol. The number of hydrogen-bond donors (Lipinski definition) is 0. The molecule has 0 bridgehead atoms. The summed E-state index contributed by atoms with van der Waals surface area (Å²) in [6, 6.07) is 23.4. The van der Waals surface area contributed by atoms with Crippen LogP contribution < -0.4 is 0 Å². The third kappa shape index (κ3) is 5.20. The van der Waals surface area contributed by atoms with Gasteiger partial charge in [0.25, 0.3) is 0 Å². The van der Waals surface area contributed by atoms with Crippen LogP contribution in [0, 0.1) is 13.8 Å². The van der Waals surface area contributed by atoms with Gasteiger partial charge in [-0.15, -0.1) is 0 Å². The molecule has 2 nitrogen and oxygen atoms in total. The quantitative estimate of drug-likeness (QED) is 0.386. The summed E-state index contributed by atoms with van der Waals surface area (Å²) in [4.78, 5) is 25.7. The maximum Gasteiger partial charge on any atom is 0.193 e. The van der Waals surface area contributed by atoms with Crippen molar-refractivity contribution in [2.75, 3.05) is 0 Å². The van der Waals surface area contributed by atoms with Crippen molar-refractivity contribution in [3.63, 3.8) is 0 Å². The molecular formula is C30H28O2. The average molecular weight is 421 g/mol. The van der Waals surface area contributed by atoms with E-state index in [9.17, 15) is 9.59 Å². The predicted octanol–water partition coefficient (Wildman–Crippen LogP) is 7.00. The molecule has 0 amide bonds. The van der Waals surface area contributed by atoms with Crippen molar-refractivity contribution >= 4 is 11.6 Å². The lowest BCUT2D eigenvalue weighted by atomic mass is 9.90. The lowest BCUT2D eigenvalue weighted by Gasteiger charge is -2.14. The molecule has 0 spiro atoms. The Morgan fingerprint density at radius 2 is 1.34 bits per heavy atom. The molecule has 0 aromatic heterocycles. The van der Waals surface area contributed by atoms with Gasteiger partial charge in [0, 0.05) is 22.3 Å². The van der Waals surface area contributed by atoms with E-state index >= 15 is 0 Å². The fourth-order valence-electron chi connectivity index (χ4n) is 4.04. The molecule has 0 fully saturated rings. The molecule has 0 saturated heterocycles. The Bertz CT molecular complexity index is 1190. The molecule has 0 aliphatic heterocycles. The van der Waals surface area contributed by atoms with E-state index in [0.717, 1.165) is 59.1 Å². The summed E-state index contributed by atoms with van der Waals surface area (Å²) in [6.07, 6.45) is 7.73. The third-order valence-corrected chi connectivity index (χ3v) is 6.00. The summed E-state index contributed by atoms with van der Waals surface area (Å²) in [5, 5.41) is 0. The van der Waals surface area contributed by atoms with E-state index in [0.29, 0.717) is 5.56 Å². The van der Waals surface area contributed by atoms with Gasteiger partial charge in [0.1, 0.15) is 0 Å². The highest BCUT2D eigenvalue weighted by Crippen LogP contribution is 2.25. The lowest BCUT2D eigenvalue weighted by Crippen LogP contribution is -2.06. The Morgan fingerprint density at radius 3 is 2.00 bits per heavy atom. The van der Waals surface area contributed by atoms with Crippen LogP contribution in [-0.2, 0) is 6.42 Å². The summed E-state index contributed by atoms with van der Waals surface area (Å²) < 4.78 is 0. The first-order valence-electron chi connectivity index (χ1n) is 11.2. The second-order valence-corrected chi connectivity index (χ2v) is 8.59. The van der Waals surface area contributed by atoms with Crippen molar-refractivity contribution in [2.24, 2.45) is 0 Å². The topological polar surface area (TPSA) is 34.1 Å². The predicted molar refractivity (Wildman–Crippen MR) is 130 cm³/mol. The summed E-state index contributed by atoms with van der Waals surface area (Å²) in [7, 11) is 0. The molecule has 32 heavy (non-hydrogen) atoms. The van der Waals surface area contributed by atoms with Crippen molar-refractivity contribution in [1.82, 2.24) is 0 Å². The van der Waals surface area contributed by atoms with Crippen LogP contribution in [0.15, 0.2) is 96.1 Å². The second-order valence-electron chi connectivity index (χ2n) is 8.59. The molecular weight excluding hydrogens is 392 g/mol. The van der Waals surface area contributed by atoms with E-state index in [1.165, 1.54) is 5.57 Å². The SMILES string of the molecule is Cc1ccc(C(=O)C2=CCCC(CCc3cccc(C(=O)c4ccc(C)cc4)c3)=C2)cc1. The molecule has 0 heterocycles. The average Bonchev–Trinajstić information content (AvgIpc) is 2.83. The van der Waals surface area contributed by atoms with Gasteiger partial charge in [0.2, 0.25) is 0 Å². The van der Waals surface area contributed by atoms with Gasteiger partial charge in [0.15, 0.2) is 11.6 Å². The summed E-state index contributed by atoms with van der Waals surface area (Å²) in [6.45, 7) is 4.04. The number of carbonyl (C=O) groups is 2. The lowest BCUT2D eigenvalue weighted by molar-refractivity contribution is 0.103. The van der Waals surface area contributed by atoms with Crippen LogP contribution in [-0.4, -0.2) is 11.6 Å². The molecule has 160 valence electrons. The van der Waals surface area contributed by atoms with Crippen LogP contribution in [0.1, 0.15) is 62.2 Å². The Balaban J connectivity index is 1.43. The van der Waals surface area contributed by atoms with Crippen molar-refractivity contribution in [3.05, 3.63) is 129 Å². The molecule has 1 aliphatic rings. The summed E-state index contributed by atoms with van der Waals surface area (Å²) >= 11 is 0. The number of allylic oxidation sites excluding steroid dienone is 4. The third-order valence-electron chi connectivity index (χ3n) is 6.00. The fourth-order valence-corrected chi connectivity index (χ4v) is 4.04. The van der Waals surface area contributed by atoms with E-state index in [1.54, 1.807) is 0 Å². The molecule has 2 heteroatoms. The first kappa shape index (κ1) is 21.7. The molecule has 0 N–H and O–H groups in total. The Labute approximate surface area is 190 Å². The normalized spacial score (nSPS) is 13.3. The number of Topliss-reactive ketones (excluding diaryl/α,β-unsaturated/α-hetero) is 1. The first-order chi connectivity index (χ1) is 15.5. The first-order valence-corrected chi connectivity index (χ1v) is 11.2. The van der Waals surface area contributed by atoms with Crippen LogP contribution in [0.4, 0.5) is 0 Å². The van der Waals surface area contributed by atoms with Gasteiger partial charge < -0.3 is 0 Å². The van der Waals surface area contributed by atoms with Gasteiger partial charge in [-0.05, 0) is 51.2 Å². The highest BCUT2D eigenvalue weighted by molar-refractivity contribution is 6.11. The molecule has 0 radical (unpaired) electrons. The van der Waals surface area contributed by atoms with Gasteiger partial charge in [-0.1, -0.05) is 95.6 Å². The van der Waals surface area contributed by atoms with Gasteiger partial charge >= 0.3 is 0 Å². The van der Waals surface area contributed by atoms with Crippen molar-refractivity contribution in [2.45, 2.75) is 39.5 Å². The van der Waals surface area contributed by atoms with Crippen molar-refractivity contribution < 1.29 is 9.59 Å². The number of hydrogen-bond acceptors (Lipinski definition) is 2. The number of benzene rings is 3. The van der Waals surface area contributed by atoms with Gasteiger partial charge in [-0.3, -0.25) is 9.59 Å². The standard InChI is InChI=1S/C30H28O2/c1-21-9-15-25(16-10-21)29(31)27-7-3-5-23(19-27)13-14-24-6-4-8-28(20-24)30(32)26-17-11-22(2)12-18-26/h3,5,7-12,15-20H,4,6,13-14H2,1-2H3. The molecule has 3 aromatic rings. The Kier molecular flexibility index (Phi) is 6.61. The molecule has 1 aliphatic carbocycles. The highest BCUT2D eigenvalue weighted by atomic mass is 16.1. The van der Waals surface area contributed by atoms with Crippen molar-refractivity contribution in [3.8, 4) is 0 Å². The zero-order valence-electron chi connectivity index (χ0n) is 18.7. The van der Waals surface area contributed by atoms with Crippen LogP contribution in [0.3, 0.4) is 0 Å². The van der Waals surface area contributed by atoms with E-state index < -0.39 is 0 Å². The number of carbonyl (C=O) groups excluding carboxylic acids is 2. The number of ketones is 2. The van der Waals surface area contributed by atoms with Crippen LogP contribution >= 0.6 is 0 Å². The minimum absolute atomic E-state index is 0.0534. The Morgan fingerprint density at radius 1 is 0.719 bits per heavy atom. The summed E-state index contributed by atoms with van der Waals surface area (Å²) in [5.41, 5.74) is 7.69. The van der Waals surface area contributed by atoms with Gasteiger partial charge in [0.05, 0.1) is 0 Å². The van der Waals surface area contributed by atoms with Crippen LogP contribution in [0.5, 0.6) is 0 Å². The number of aryl methyl sites for hydroxylation is 3. The van der Waals surface area contributed by atoms with Gasteiger partial charge in [-0.2, -0.15) is 0 Å². The largest absolute Gasteiger partial charge is 0.289 e. The van der Waals surface area contributed by atoms with Crippen LogP contribution in [0.25, 0.3) is 0 Å². The molecule has 0 unspecified atom stereocenters. The van der Waals surface area contributed by atoms with Crippen molar-refractivity contribution in [1.29, 1.82) is 0 Å². The second kappa shape index (κ2) is 9.74. The van der Waals surface area contributed by atoms with Gasteiger partial charge in [-0.25, -0.2) is 0 Å². The maximum absolute atomic E-state index is 12.9. The highest BCUT2D eigenvalue weighted by Gasteiger charge is 2.15. The molecule has 0 atom stereocenters.